The Morgan fingerprint density at radius 3 is 2.54 bits per heavy atom. The van der Waals surface area contributed by atoms with Crippen LogP contribution in [-0.2, 0) is 9.59 Å². The molecular weight excluding hydrogens is 302 g/mol. The Balaban J connectivity index is 1.84. The summed E-state index contributed by atoms with van der Waals surface area (Å²) in [6, 6.07) is 10.4. The summed E-state index contributed by atoms with van der Waals surface area (Å²) in [6.45, 7) is 5.89. The van der Waals surface area contributed by atoms with Crippen LogP contribution >= 0.6 is 0 Å². The van der Waals surface area contributed by atoms with Gasteiger partial charge in [0.25, 0.3) is 0 Å². The van der Waals surface area contributed by atoms with E-state index >= 15 is 0 Å². The van der Waals surface area contributed by atoms with E-state index in [1.54, 1.807) is 0 Å². The minimum atomic E-state index is 0.0150. The normalized spacial score (nSPS) is 20.4. The number of benzene rings is 1. The van der Waals surface area contributed by atoms with Gasteiger partial charge in [-0.2, -0.15) is 0 Å². The second-order valence-corrected chi connectivity index (χ2v) is 6.89. The van der Waals surface area contributed by atoms with Crippen LogP contribution in [0, 0.1) is 5.92 Å². The fourth-order valence-electron chi connectivity index (χ4n) is 3.34. The standard InChI is InChI=1S/C19H29N3O2/c1-14(2)21-18(23)9-6-10-19(24)22-12-16(11-20)17(13-22)15-7-4-3-5-8-15/h3-5,7-8,14,16-17H,6,9-13,20H2,1-2H3,(H,21,23)/t16-,17+/m1/s1. The van der Waals surface area contributed by atoms with E-state index in [0.29, 0.717) is 44.2 Å². The van der Waals surface area contributed by atoms with Crippen LogP contribution in [0.4, 0.5) is 0 Å². The average Bonchev–Trinajstić information content (AvgIpc) is 2.99. The fraction of sp³-hybridized carbons (Fsp3) is 0.579. The van der Waals surface area contributed by atoms with Crippen molar-refractivity contribution < 1.29 is 9.59 Å². The van der Waals surface area contributed by atoms with Crippen LogP contribution in [0.15, 0.2) is 30.3 Å². The quantitative estimate of drug-likeness (QED) is 0.801. The van der Waals surface area contributed by atoms with Crippen molar-refractivity contribution in [3.05, 3.63) is 35.9 Å². The zero-order chi connectivity index (χ0) is 17.5. The van der Waals surface area contributed by atoms with Crippen LogP contribution in [0.2, 0.25) is 0 Å². The van der Waals surface area contributed by atoms with Gasteiger partial charge in [0.1, 0.15) is 0 Å². The maximum atomic E-state index is 12.4. The molecule has 1 aromatic rings. The Morgan fingerprint density at radius 1 is 1.21 bits per heavy atom. The molecule has 0 aromatic heterocycles. The van der Waals surface area contributed by atoms with E-state index in [2.05, 4.69) is 17.4 Å². The molecule has 0 unspecified atom stereocenters. The molecule has 0 radical (unpaired) electrons. The highest BCUT2D eigenvalue weighted by molar-refractivity contribution is 5.79. The first kappa shape index (κ1) is 18.5. The molecule has 1 fully saturated rings. The zero-order valence-electron chi connectivity index (χ0n) is 14.7. The van der Waals surface area contributed by atoms with Crippen molar-refractivity contribution in [3.63, 3.8) is 0 Å². The van der Waals surface area contributed by atoms with Crippen molar-refractivity contribution in [2.45, 2.75) is 45.1 Å². The second-order valence-electron chi connectivity index (χ2n) is 6.89. The van der Waals surface area contributed by atoms with E-state index in [9.17, 15) is 9.59 Å². The molecule has 1 saturated heterocycles. The summed E-state index contributed by atoms with van der Waals surface area (Å²) in [5.74, 6) is 0.760. The SMILES string of the molecule is CC(C)NC(=O)CCCC(=O)N1C[C@@H](CN)[C@H](c2ccccc2)C1. The van der Waals surface area contributed by atoms with Gasteiger partial charge in [-0.15, -0.1) is 0 Å². The second kappa shape index (κ2) is 8.83. The summed E-state index contributed by atoms with van der Waals surface area (Å²) in [7, 11) is 0. The van der Waals surface area contributed by atoms with Crippen LogP contribution in [0.1, 0.15) is 44.6 Å². The van der Waals surface area contributed by atoms with Crippen molar-refractivity contribution in [1.29, 1.82) is 0 Å². The highest BCUT2D eigenvalue weighted by atomic mass is 16.2. The number of nitrogens with one attached hydrogen (secondary N) is 1. The molecule has 0 aliphatic carbocycles. The van der Waals surface area contributed by atoms with E-state index < -0.39 is 0 Å². The number of carbonyl (C=O) groups excluding carboxylic acids is 2. The largest absolute Gasteiger partial charge is 0.354 e. The van der Waals surface area contributed by atoms with Crippen LogP contribution in [0.5, 0.6) is 0 Å². The van der Waals surface area contributed by atoms with Gasteiger partial charge in [0, 0.05) is 37.9 Å². The molecule has 1 aliphatic heterocycles. The van der Waals surface area contributed by atoms with Gasteiger partial charge in [0.2, 0.25) is 11.8 Å². The molecule has 24 heavy (non-hydrogen) atoms. The summed E-state index contributed by atoms with van der Waals surface area (Å²) in [4.78, 5) is 26.0. The third-order valence-electron chi connectivity index (χ3n) is 4.57. The van der Waals surface area contributed by atoms with Crippen molar-refractivity contribution in [2.24, 2.45) is 11.7 Å². The zero-order valence-corrected chi connectivity index (χ0v) is 14.7. The van der Waals surface area contributed by atoms with Gasteiger partial charge in [-0.1, -0.05) is 30.3 Å². The minimum Gasteiger partial charge on any atom is -0.354 e. The Labute approximate surface area is 144 Å². The number of amides is 2. The summed E-state index contributed by atoms with van der Waals surface area (Å²) in [5.41, 5.74) is 7.17. The molecule has 1 heterocycles. The van der Waals surface area contributed by atoms with Crippen molar-refractivity contribution in [2.75, 3.05) is 19.6 Å². The highest BCUT2D eigenvalue weighted by Gasteiger charge is 2.34. The van der Waals surface area contributed by atoms with Crippen LogP contribution < -0.4 is 11.1 Å². The van der Waals surface area contributed by atoms with Gasteiger partial charge >= 0.3 is 0 Å². The van der Waals surface area contributed by atoms with E-state index in [1.165, 1.54) is 5.56 Å². The molecule has 2 atom stereocenters. The van der Waals surface area contributed by atoms with Crippen molar-refractivity contribution >= 4 is 11.8 Å². The maximum absolute atomic E-state index is 12.4. The molecule has 1 aromatic carbocycles. The molecule has 132 valence electrons. The van der Waals surface area contributed by atoms with E-state index in [4.69, 9.17) is 5.73 Å². The summed E-state index contributed by atoms with van der Waals surface area (Å²) >= 11 is 0. The third-order valence-corrected chi connectivity index (χ3v) is 4.57. The van der Waals surface area contributed by atoms with E-state index in [-0.39, 0.29) is 17.9 Å². The van der Waals surface area contributed by atoms with Crippen molar-refractivity contribution in [1.82, 2.24) is 10.2 Å². The number of hydrogen-bond acceptors (Lipinski definition) is 3. The third kappa shape index (κ3) is 5.06. The number of rotatable bonds is 7. The molecule has 2 amide bonds. The van der Waals surface area contributed by atoms with Crippen LogP contribution in [-0.4, -0.2) is 42.4 Å². The topological polar surface area (TPSA) is 75.4 Å². The lowest BCUT2D eigenvalue weighted by atomic mass is 9.89. The first-order chi connectivity index (χ1) is 11.5. The number of carbonyl (C=O) groups is 2. The summed E-state index contributed by atoms with van der Waals surface area (Å²) in [6.07, 6.45) is 1.42. The number of nitrogens with zero attached hydrogens (tertiary/aromatic N) is 1. The lowest BCUT2D eigenvalue weighted by molar-refractivity contribution is -0.130. The smallest absolute Gasteiger partial charge is 0.222 e. The van der Waals surface area contributed by atoms with Crippen molar-refractivity contribution in [3.8, 4) is 0 Å². The Hall–Kier alpha value is -1.88. The first-order valence-electron chi connectivity index (χ1n) is 8.83. The summed E-state index contributed by atoms with van der Waals surface area (Å²) < 4.78 is 0. The molecule has 0 spiro atoms. The maximum Gasteiger partial charge on any atom is 0.222 e. The molecule has 1 aliphatic rings. The van der Waals surface area contributed by atoms with Gasteiger partial charge in [-0.3, -0.25) is 9.59 Å². The first-order valence-corrected chi connectivity index (χ1v) is 8.83. The monoisotopic (exact) mass is 331 g/mol. The van der Waals surface area contributed by atoms with Gasteiger partial charge in [0.05, 0.1) is 0 Å². The molecule has 0 saturated carbocycles. The Morgan fingerprint density at radius 2 is 1.92 bits per heavy atom. The predicted octanol–water partition coefficient (Wildman–Crippen LogP) is 1.88. The van der Waals surface area contributed by atoms with E-state index in [0.717, 1.165) is 6.54 Å². The molecule has 0 bridgehead atoms. The lowest BCUT2D eigenvalue weighted by Gasteiger charge is -2.17. The van der Waals surface area contributed by atoms with Gasteiger partial charge in [-0.05, 0) is 38.3 Å². The molecule has 5 heteroatoms. The number of likely N-dealkylation sites (tertiary alicyclic amines) is 1. The molecule has 3 N–H and O–H groups in total. The highest BCUT2D eigenvalue weighted by Crippen LogP contribution is 2.32. The minimum absolute atomic E-state index is 0.0150. The van der Waals surface area contributed by atoms with Gasteiger partial charge < -0.3 is 16.0 Å². The molecular formula is C19H29N3O2. The Bertz CT molecular complexity index is 545. The van der Waals surface area contributed by atoms with Crippen LogP contribution in [0.3, 0.4) is 0 Å². The number of nitrogens with two attached hydrogens (primary N) is 1. The van der Waals surface area contributed by atoms with Crippen LogP contribution in [0.25, 0.3) is 0 Å². The summed E-state index contributed by atoms with van der Waals surface area (Å²) in [5, 5.41) is 2.85. The Kier molecular flexibility index (Phi) is 6.79. The fourth-order valence-corrected chi connectivity index (χ4v) is 3.34. The lowest BCUT2D eigenvalue weighted by Crippen LogP contribution is -2.31. The molecule has 2 rings (SSSR count). The molecule has 5 nitrogen and oxygen atoms in total. The number of hydrogen-bond donors (Lipinski definition) is 2. The van der Waals surface area contributed by atoms with Gasteiger partial charge in [0.15, 0.2) is 0 Å². The predicted molar refractivity (Wildman–Crippen MR) is 95.4 cm³/mol. The van der Waals surface area contributed by atoms with Gasteiger partial charge in [-0.25, -0.2) is 0 Å². The van der Waals surface area contributed by atoms with E-state index in [1.807, 2.05) is 36.9 Å². The average molecular weight is 331 g/mol.